The van der Waals surface area contributed by atoms with Crippen molar-refractivity contribution in [2.75, 3.05) is 6.54 Å². The van der Waals surface area contributed by atoms with Crippen LogP contribution >= 0.6 is 0 Å². The van der Waals surface area contributed by atoms with Crippen LogP contribution in [0.2, 0.25) is 0 Å². The summed E-state index contributed by atoms with van der Waals surface area (Å²) in [5.74, 6) is 0.453. The molecule has 0 aromatic rings. The Kier molecular flexibility index (Phi) is 5.12. The molecular weight excluding hydrogens is 218 g/mol. The normalized spacial score (nSPS) is 24.8. The number of amides is 1. The summed E-state index contributed by atoms with van der Waals surface area (Å²) in [7, 11) is 0. The van der Waals surface area contributed by atoms with Crippen molar-refractivity contribution in [3.63, 3.8) is 0 Å². The Morgan fingerprint density at radius 2 is 2.18 bits per heavy atom. The molecule has 0 spiro atoms. The summed E-state index contributed by atoms with van der Waals surface area (Å²) in [5, 5.41) is 9.82. The summed E-state index contributed by atoms with van der Waals surface area (Å²) in [6.07, 6.45) is 1.56. The van der Waals surface area contributed by atoms with E-state index in [1.54, 1.807) is 0 Å². The Balaban J connectivity index is 2.43. The lowest BCUT2D eigenvalue weighted by atomic mass is 9.94. The van der Waals surface area contributed by atoms with Crippen LogP contribution in [0.3, 0.4) is 0 Å². The van der Waals surface area contributed by atoms with E-state index in [4.69, 9.17) is 0 Å². The van der Waals surface area contributed by atoms with E-state index in [2.05, 4.69) is 0 Å². The van der Waals surface area contributed by atoms with Crippen molar-refractivity contribution in [1.29, 1.82) is 0 Å². The van der Waals surface area contributed by atoms with Gasteiger partial charge in [0.2, 0.25) is 5.91 Å². The first kappa shape index (κ1) is 14.2. The zero-order valence-corrected chi connectivity index (χ0v) is 11.0. The van der Waals surface area contributed by atoms with Crippen molar-refractivity contribution in [1.82, 2.24) is 4.90 Å². The Hall–Kier alpha value is -0.900. The summed E-state index contributed by atoms with van der Waals surface area (Å²) >= 11 is 0. The quantitative estimate of drug-likeness (QED) is 0.768. The lowest BCUT2D eigenvalue weighted by Crippen LogP contribution is -2.35. The van der Waals surface area contributed by atoms with E-state index in [-0.39, 0.29) is 23.5 Å². The molecule has 17 heavy (non-hydrogen) atoms. The van der Waals surface area contributed by atoms with Crippen molar-refractivity contribution in [3.8, 4) is 0 Å². The largest absolute Gasteiger partial charge is 0.373 e. The van der Waals surface area contributed by atoms with Gasteiger partial charge in [0.25, 0.3) is 0 Å². The topological polar surface area (TPSA) is 57.6 Å². The van der Waals surface area contributed by atoms with Crippen LogP contribution in [-0.2, 0) is 9.59 Å². The maximum absolute atomic E-state index is 12.0. The molecule has 2 unspecified atom stereocenters. The molecule has 1 rings (SSSR count). The molecule has 0 saturated carbocycles. The third-order valence-electron chi connectivity index (χ3n) is 3.48. The number of hydrogen-bond acceptors (Lipinski definition) is 3. The second-order valence-electron chi connectivity index (χ2n) is 5.09. The van der Waals surface area contributed by atoms with Gasteiger partial charge in [-0.2, -0.15) is 0 Å². The first-order valence-electron chi connectivity index (χ1n) is 6.47. The molecule has 1 fully saturated rings. The number of aliphatic hydroxyl groups is 1. The molecule has 1 aliphatic rings. The molecule has 1 N–H and O–H groups in total. The highest BCUT2D eigenvalue weighted by molar-refractivity contribution is 5.81. The predicted molar refractivity (Wildman–Crippen MR) is 65.2 cm³/mol. The SMILES string of the molecule is CCC(=O)CCCN1C(=O)C(C(C)C)CC1O. The molecule has 1 amide bonds. The van der Waals surface area contributed by atoms with Crippen LogP contribution in [0.4, 0.5) is 0 Å². The fraction of sp³-hybridized carbons (Fsp3) is 0.846. The summed E-state index contributed by atoms with van der Waals surface area (Å²) in [6, 6.07) is 0. The van der Waals surface area contributed by atoms with Crippen molar-refractivity contribution >= 4 is 11.7 Å². The highest BCUT2D eigenvalue weighted by Gasteiger charge is 2.39. The maximum Gasteiger partial charge on any atom is 0.228 e. The number of carbonyl (C=O) groups is 2. The first-order chi connectivity index (χ1) is 7.97. The van der Waals surface area contributed by atoms with Crippen molar-refractivity contribution in [2.45, 2.75) is 52.7 Å². The van der Waals surface area contributed by atoms with Crippen molar-refractivity contribution in [2.24, 2.45) is 11.8 Å². The van der Waals surface area contributed by atoms with Gasteiger partial charge < -0.3 is 10.0 Å². The van der Waals surface area contributed by atoms with Crippen molar-refractivity contribution < 1.29 is 14.7 Å². The minimum Gasteiger partial charge on any atom is -0.373 e. The Morgan fingerprint density at radius 3 is 2.65 bits per heavy atom. The summed E-state index contributed by atoms with van der Waals surface area (Å²) in [5.41, 5.74) is 0. The van der Waals surface area contributed by atoms with Crippen LogP contribution in [0, 0.1) is 11.8 Å². The van der Waals surface area contributed by atoms with Crippen LogP contribution in [-0.4, -0.2) is 34.5 Å². The van der Waals surface area contributed by atoms with Gasteiger partial charge in [-0.05, 0) is 12.3 Å². The fourth-order valence-electron chi connectivity index (χ4n) is 2.25. The van der Waals surface area contributed by atoms with Crippen LogP contribution < -0.4 is 0 Å². The number of ketones is 1. The maximum atomic E-state index is 12.0. The van der Waals surface area contributed by atoms with E-state index in [9.17, 15) is 14.7 Å². The number of carbonyl (C=O) groups excluding carboxylic acids is 2. The number of aliphatic hydroxyl groups excluding tert-OH is 1. The standard InChI is InChI=1S/C13H23NO3/c1-4-10(15)6-5-7-14-12(16)8-11(9(2)3)13(14)17/h9,11-12,16H,4-8H2,1-3H3. The van der Waals surface area contributed by atoms with Crippen LogP contribution in [0.25, 0.3) is 0 Å². The summed E-state index contributed by atoms with van der Waals surface area (Å²) in [6.45, 7) is 6.33. The third kappa shape index (κ3) is 3.53. The average Bonchev–Trinajstić information content (AvgIpc) is 2.56. The minimum atomic E-state index is -0.661. The zero-order valence-electron chi connectivity index (χ0n) is 11.0. The molecule has 98 valence electrons. The lowest BCUT2D eigenvalue weighted by molar-refractivity contribution is -0.136. The molecule has 4 heteroatoms. The highest BCUT2D eigenvalue weighted by Crippen LogP contribution is 2.29. The Morgan fingerprint density at radius 1 is 1.53 bits per heavy atom. The molecule has 0 bridgehead atoms. The first-order valence-corrected chi connectivity index (χ1v) is 6.47. The van der Waals surface area contributed by atoms with Gasteiger partial charge in [-0.25, -0.2) is 0 Å². The summed E-state index contributed by atoms with van der Waals surface area (Å²) in [4.78, 5) is 24.7. The monoisotopic (exact) mass is 241 g/mol. The smallest absolute Gasteiger partial charge is 0.228 e. The van der Waals surface area contributed by atoms with Crippen LogP contribution in [0.5, 0.6) is 0 Å². The molecule has 1 aliphatic heterocycles. The van der Waals surface area contributed by atoms with Gasteiger partial charge in [0.15, 0.2) is 0 Å². The molecule has 0 aromatic heterocycles. The van der Waals surface area contributed by atoms with E-state index in [0.717, 1.165) is 0 Å². The Labute approximate surface area is 103 Å². The van der Waals surface area contributed by atoms with Crippen LogP contribution in [0.15, 0.2) is 0 Å². The third-order valence-corrected chi connectivity index (χ3v) is 3.48. The minimum absolute atomic E-state index is 0.0384. The Bertz CT molecular complexity index is 288. The molecule has 1 heterocycles. The fourth-order valence-corrected chi connectivity index (χ4v) is 2.25. The van der Waals surface area contributed by atoms with Crippen molar-refractivity contribution in [3.05, 3.63) is 0 Å². The van der Waals surface area contributed by atoms with Gasteiger partial charge in [0.1, 0.15) is 12.0 Å². The van der Waals surface area contributed by atoms with E-state index in [0.29, 0.717) is 32.2 Å². The second kappa shape index (κ2) is 6.15. The second-order valence-corrected chi connectivity index (χ2v) is 5.09. The number of nitrogens with zero attached hydrogens (tertiary/aromatic N) is 1. The molecule has 4 nitrogen and oxygen atoms in total. The molecule has 0 aromatic carbocycles. The van der Waals surface area contributed by atoms with Gasteiger partial charge >= 0.3 is 0 Å². The molecular formula is C13H23NO3. The predicted octanol–water partition coefficient (Wildman–Crippen LogP) is 1.57. The highest BCUT2D eigenvalue weighted by atomic mass is 16.3. The molecule has 2 atom stereocenters. The van der Waals surface area contributed by atoms with Gasteiger partial charge in [-0.15, -0.1) is 0 Å². The van der Waals surface area contributed by atoms with Crippen LogP contribution in [0.1, 0.15) is 46.5 Å². The van der Waals surface area contributed by atoms with E-state index in [1.165, 1.54) is 4.90 Å². The average molecular weight is 241 g/mol. The zero-order chi connectivity index (χ0) is 13.0. The van der Waals surface area contributed by atoms with E-state index in [1.807, 2.05) is 20.8 Å². The number of likely N-dealkylation sites (tertiary alicyclic amines) is 1. The number of rotatable bonds is 6. The molecule has 0 radical (unpaired) electrons. The van der Waals surface area contributed by atoms with E-state index < -0.39 is 6.23 Å². The molecule has 0 aliphatic carbocycles. The van der Waals surface area contributed by atoms with Gasteiger partial charge in [-0.1, -0.05) is 20.8 Å². The lowest BCUT2D eigenvalue weighted by Gasteiger charge is -2.20. The summed E-state index contributed by atoms with van der Waals surface area (Å²) < 4.78 is 0. The van der Waals surface area contributed by atoms with Gasteiger partial charge in [0.05, 0.1) is 0 Å². The van der Waals surface area contributed by atoms with E-state index >= 15 is 0 Å². The van der Waals surface area contributed by atoms with Gasteiger partial charge in [0, 0.05) is 31.7 Å². The number of hydrogen-bond donors (Lipinski definition) is 1. The molecule has 1 saturated heterocycles. The number of Topliss-reactive ketones (excluding diaryl/α,β-unsaturated/α-hetero) is 1. The van der Waals surface area contributed by atoms with Gasteiger partial charge in [-0.3, -0.25) is 9.59 Å².